The summed E-state index contributed by atoms with van der Waals surface area (Å²) in [4.78, 5) is 23.6. The first-order valence-corrected chi connectivity index (χ1v) is 6.63. The number of hydrogen-bond acceptors (Lipinski definition) is 5. The van der Waals surface area contributed by atoms with E-state index in [1.807, 2.05) is 6.07 Å². The Balaban J connectivity index is 2.36. The summed E-state index contributed by atoms with van der Waals surface area (Å²) in [5.41, 5.74) is 2.17. The van der Waals surface area contributed by atoms with Gasteiger partial charge in [0, 0.05) is 0 Å². The Morgan fingerprint density at radius 1 is 1.32 bits per heavy atom. The van der Waals surface area contributed by atoms with Gasteiger partial charge >= 0.3 is 5.97 Å². The summed E-state index contributed by atoms with van der Waals surface area (Å²) in [5.74, 6) is -0.417. The second-order valence-corrected chi connectivity index (χ2v) is 4.85. The minimum Gasteiger partial charge on any atom is -0.465 e. The number of aromatic nitrogens is 2. The van der Waals surface area contributed by atoms with Crippen molar-refractivity contribution >= 4 is 5.97 Å². The zero-order chi connectivity index (χ0) is 16.3. The molecule has 0 aliphatic carbocycles. The molecule has 0 spiro atoms. The van der Waals surface area contributed by atoms with Crippen LogP contribution >= 0.6 is 0 Å². The molecule has 0 N–H and O–H groups in total. The summed E-state index contributed by atoms with van der Waals surface area (Å²) >= 11 is 0. The monoisotopic (exact) mass is 297 g/mol. The van der Waals surface area contributed by atoms with Crippen LogP contribution < -0.4 is 5.56 Å². The number of benzene rings is 1. The van der Waals surface area contributed by atoms with E-state index in [0.717, 1.165) is 5.56 Å². The summed E-state index contributed by atoms with van der Waals surface area (Å²) in [6.07, 6.45) is 0. The van der Waals surface area contributed by atoms with E-state index < -0.39 is 11.5 Å². The van der Waals surface area contributed by atoms with E-state index in [9.17, 15) is 9.59 Å². The van der Waals surface area contributed by atoms with Crippen LogP contribution in [0.4, 0.5) is 0 Å². The fourth-order valence-electron chi connectivity index (χ4n) is 2.05. The molecule has 0 unspecified atom stereocenters. The predicted octanol–water partition coefficient (Wildman–Crippen LogP) is 1.57. The molecule has 0 saturated carbocycles. The third kappa shape index (κ3) is 2.88. The molecule has 0 radical (unpaired) electrons. The van der Waals surface area contributed by atoms with Crippen LogP contribution in [-0.2, 0) is 11.3 Å². The van der Waals surface area contributed by atoms with E-state index in [-0.39, 0.29) is 12.1 Å². The second-order valence-electron chi connectivity index (χ2n) is 4.85. The van der Waals surface area contributed by atoms with Gasteiger partial charge in [-0.2, -0.15) is 10.4 Å². The van der Waals surface area contributed by atoms with Crippen molar-refractivity contribution in [3.05, 3.63) is 62.6 Å². The lowest BCUT2D eigenvalue weighted by molar-refractivity contribution is 0.0600. The molecular weight excluding hydrogens is 282 g/mol. The van der Waals surface area contributed by atoms with Crippen molar-refractivity contribution in [2.24, 2.45) is 0 Å². The molecule has 0 atom stereocenters. The third-order valence-electron chi connectivity index (χ3n) is 3.46. The van der Waals surface area contributed by atoms with Crippen LogP contribution in [0.15, 0.2) is 29.1 Å². The van der Waals surface area contributed by atoms with Gasteiger partial charge < -0.3 is 4.74 Å². The van der Waals surface area contributed by atoms with Gasteiger partial charge in [-0.25, -0.2) is 9.48 Å². The Kier molecular flexibility index (Phi) is 4.37. The minimum atomic E-state index is -0.417. The number of nitrogens with zero attached hydrogens (tertiary/aromatic N) is 3. The molecule has 1 heterocycles. The molecule has 0 aliphatic heterocycles. The first-order chi connectivity index (χ1) is 10.5. The third-order valence-corrected chi connectivity index (χ3v) is 3.46. The number of rotatable bonds is 3. The standard InChI is InChI=1S/C16H15N3O3/c1-10-11(2)18-19(15(20)14(10)8-17)9-12-4-6-13(7-5-12)16(21)22-3/h4-7H,9H2,1-3H3. The molecule has 6 nitrogen and oxygen atoms in total. The minimum absolute atomic E-state index is 0.110. The van der Waals surface area contributed by atoms with Crippen LogP contribution in [0.3, 0.4) is 0 Å². The van der Waals surface area contributed by atoms with E-state index >= 15 is 0 Å². The van der Waals surface area contributed by atoms with Crippen LogP contribution in [0.2, 0.25) is 0 Å². The number of hydrogen-bond donors (Lipinski definition) is 0. The zero-order valence-electron chi connectivity index (χ0n) is 12.6. The van der Waals surface area contributed by atoms with E-state index in [1.54, 1.807) is 38.1 Å². The van der Waals surface area contributed by atoms with Gasteiger partial charge in [-0.15, -0.1) is 0 Å². The lowest BCUT2D eigenvalue weighted by Gasteiger charge is -2.09. The molecule has 6 heteroatoms. The molecule has 0 amide bonds. The number of methoxy groups -OCH3 is 1. The largest absolute Gasteiger partial charge is 0.465 e. The normalized spacial score (nSPS) is 10.1. The lowest BCUT2D eigenvalue weighted by atomic mass is 10.1. The summed E-state index contributed by atoms with van der Waals surface area (Å²) in [5, 5.41) is 13.3. The highest BCUT2D eigenvalue weighted by Gasteiger charge is 2.12. The maximum atomic E-state index is 12.2. The molecule has 0 saturated heterocycles. The van der Waals surface area contributed by atoms with Crippen molar-refractivity contribution in [2.45, 2.75) is 20.4 Å². The number of carbonyl (C=O) groups excluding carboxylic acids is 1. The van der Waals surface area contributed by atoms with Crippen LogP contribution in [0.5, 0.6) is 0 Å². The van der Waals surface area contributed by atoms with Crippen LogP contribution in [0.25, 0.3) is 0 Å². The Labute approximate surface area is 127 Å². The predicted molar refractivity (Wildman–Crippen MR) is 79.6 cm³/mol. The van der Waals surface area contributed by atoms with Gasteiger partial charge in [0.1, 0.15) is 11.6 Å². The van der Waals surface area contributed by atoms with E-state index in [0.29, 0.717) is 16.8 Å². The maximum Gasteiger partial charge on any atom is 0.337 e. The van der Waals surface area contributed by atoms with Crippen molar-refractivity contribution in [3.63, 3.8) is 0 Å². The number of carbonyl (C=O) groups is 1. The molecule has 0 bridgehead atoms. The van der Waals surface area contributed by atoms with Crippen molar-refractivity contribution in [3.8, 4) is 6.07 Å². The quantitative estimate of drug-likeness (QED) is 0.803. The van der Waals surface area contributed by atoms with Crippen molar-refractivity contribution in [1.82, 2.24) is 9.78 Å². The fourth-order valence-corrected chi connectivity index (χ4v) is 2.05. The molecule has 2 aromatic rings. The lowest BCUT2D eigenvalue weighted by Crippen LogP contribution is -2.28. The first-order valence-electron chi connectivity index (χ1n) is 6.63. The average molecular weight is 297 g/mol. The summed E-state index contributed by atoms with van der Waals surface area (Å²) < 4.78 is 5.89. The van der Waals surface area contributed by atoms with Gasteiger partial charge in [-0.3, -0.25) is 4.79 Å². The fraction of sp³-hybridized carbons (Fsp3) is 0.250. The van der Waals surface area contributed by atoms with Gasteiger partial charge in [-0.1, -0.05) is 12.1 Å². The molecule has 1 aromatic carbocycles. The Morgan fingerprint density at radius 3 is 2.50 bits per heavy atom. The summed E-state index contributed by atoms with van der Waals surface area (Å²) in [7, 11) is 1.32. The van der Waals surface area contributed by atoms with E-state index in [1.165, 1.54) is 11.8 Å². The van der Waals surface area contributed by atoms with Gasteiger partial charge in [0.25, 0.3) is 5.56 Å². The highest BCUT2D eigenvalue weighted by atomic mass is 16.5. The summed E-state index contributed by atoms with van der Waals surface area (Å²) in [6.45, 7) is 3.69. The van der Waals surface area contributed by atoms with Crippen LogP contribution in [0, 0.1) is 25.2 Å². The number of aryl methyl sites for hydroxylation is 1. The van der Waals surface area contributed by atoms with Crippen molar-refractivity contribution in [2.75, 3.05) is 7.11 Å². The van der Waals surface area contributed by atoms with E-state index in [2.05, 4.69) is 9.84 Å². The van der Waals surface area contributed by atoms with Gasteiger partial charge in [0.2, 0.25) is 0 Å². The van der Waals surface area contributed by atoms with E-state index in [4.69, 9.17) is 5.26 Å². The zero-order valence-corrected chi connectivity index (χ0v) is 12.6. The average Bonchev–Trinajstić information content (AvgIpc) is 2.53. The van der Waals surface area contributed by atoms with Crippen molar-refractivity contribution < 1.29 is 9.53 Å². The maximum absolute atomic E-state index is 12.2. The first kappa shape index (κ1) is 15.4. The van der Waals surface area contributed by atoms with Gasteiger partial charge in [0.05, 0.1) is 24.9 Å². The Hall–Kier alpha value is -2.94. The molecule has 112 valence electrons. The topological polar surface area (TPSA) is 85.0 Å². The number of esters is 1. The van der Waals surface area contributed by atoms with Crippen LogP contribution in [0.1, 0.15) is 32.7 Å². The highest BCUT2D eigenvalue weighted by Crippen LogP contribution is 2.09. The smallest absolute Gasteiger partial charge is 0.337 e. The Morgan fingerprint density at radius 2 is 1.95 bits per heavy atom. The number of nitriles is 1. The molecule has 22 heavy (non-hydrogen) atoms. The van der Waals surface area contributed by atoms with Crippen LogP contribution in [-0.4, -0.2) is 22.9 Å². The molecular formula is C16H15N3O3. The van der Waals surface area contributed by atoms with Crippen molar-refractivity contribution in [1.29, 1.82) is 5.26 Å². The molecule has 0 fully saturated rings. The second kappa shape index (κ2) is 6.22. The number of ether oxygens (including phenoxy) is 1. The molecule has 0 aliphatic rings. The molecule has 1 aromatic heterocycles. The summed E-state index contributed by atoms with van der Waals surface area (Å²) in [6, 6.07) is 8.62. The van der Waals surface area contributed by atoms with Gasteiger partial charge in [-0.05, 0) is 37.1 Å². The molecule has 2 rings (SSSR count). The Bertz CT molecular complexity index is 814. The highest BCUT2D eigenvalue weighted by molar-refractivity contribution is 5.89. The van der Waals surface area contributed by atoms with Gasteiger partial charge in [0.15, 0.2) is 0 Å². The SMILES string of the molecule is COC(=O)c1ccc(Cn2nc(C)c(C)c(C#N)c2=O)cc1.